The third kappa shape index (κ3) is 2.24. The molecule has 19 heavy (non-hydrogen) atoms. The van der Waals surface area contributed by atoms with Gasteiger partial charge in [0.05, 0.1) is 0 Å². The summed E-state index contributed by atoms with van der Waals surface area (Å²) in [6, 6.07) is 8.39. The summed E-state index contributed by atoms with van der Waals surface area (Å²) < 4.78 is 0. The van der Waals surface area contributed by atoms with Gasteiger partial charge in [-0.15, -0.1) is 0 Å². The highest BCUT2D eigenvalue weighted by atomic mass is 16.2. The van der Waals surface area contributed by atoms with E-state index in [0.29, 0.717) is 5.92 Å². The Labute approximate surface area is 112 Å². The summed E-state index contributed by atoms with van der Waals surface area (Å²) in [5, 5.41) is 1.31. The lowest BCUT2D eigenvalue weighted by molar-refractivity contribution is -0.126. The Morgan fingerprint density at radius 2 is 1.95 bits per heavy atom. The zero-order chi connectivity index (χ0) is 13.2. The van der Waals surface area contributed by atoms with Crippen molar-refractivity contribution in [2.24, 2.45) is 11.8 Å². The maximum absolute atomic E-state index is 11.5. The Balaban J connectivity index is 1.77. The first-order chi connectivity index (χ1) is 9.29. The van der Waals surface area contributed by atoms with Crippen molar-refractivity contribution < 1.29 is 4.79 Å². The van der Waals surface area contributed by atoms with Gasteiger partial charge in [-0.2, -0.15) is 0 Å². The molecule has 1 saturated carbocycles. The van der Waals surface area contributed by atoms with Gasteiger partial charge in [-0.25, -0.2) is 5.84 Å². The van der Waals surface area contributed by atoms with Crippen LogP contribution in [-0.2, 0) is 4.79 Å². The predicted molar refractivity (Wildman–Crippen MR) is 75.3 cm³/mol. The highest BCUT2D eigenvalue weighted by Gasteiger charge is 2.27. The van der Waals surface area contributed by atoms with E-state index in [0.717, 1.165) is 25.7 Å². The predicted octanol–water partition coefficient (Wildman–Crippen LogP) is 2.43. The second-order valence-corrected chi connectivity index (χ2v) is 5.35. The SMILES string of the molecule is NNC(=O)C1CCC(c2c[nH]c3ccccc23)CC1. The minimum absolute atomic E-state index is 0.0163. The van der Waals surface area contributed by atoms with Crippen molar-refractivity contribution in [1.82, 2.24) is 10.4 Å². The molecular weight excluding hydrogens is 238 g/mol. The number of aromatic amines is 1. The standard InChI is InChI=1S/C15H19N3O/c16-18-15(19)11-7-5-10(6-8-11)13-9-17-14-4-2-1-3-12(13)14/h1-4,9-11,17H,5-8,16H2,(H,18,19). The third-order valence-electron chi connectivity index (χ3n) is 4.30. The highest BCUT2D eigenvalue weighted by Crippen LogP contribution is 2.38. The second kappa shape index (κ2) is 5.05. The van der Waals surface area contributed by atoms with Crippen LogP contribution in [0, 0.1) is 5.92 Å². The van der Waals surface area contributed by atoms with E-state index >= 15 is 0 Å². The molecule has 0 atom stereocenters. The number of para-hydroxylation sites is 1. The lowest BCUT2D eigenvalue weighted by Crippen LogP contribution is -2.37. The number of benzene rings is 1. The number of hydrazine groups is 1. The van der Waals surface area contributed by atoms with Gasteiger partial charge in [-0.1, -0.05) is 18.2 Å². The Hall–Kier alpha value is -1.81. The van der Waals surface area contributed by atoms with Gasteiger partial charge in [-0.3, -0.25) is 10.2 Å². The molecule has 0 spiro atoms. The summed E-state index contributed by atoms with van der Waals surface area (Å²) >= 11 is 0. The number of hydrogen-bond donors (Lipinski definition) is 3. The first kappa shape index (κ1) is 12.2. The number of nitrogens with two attached hydrogens (primary N) is 1. The summed E-state index contributed by atoms with van der Waals surface area (Å²) in [6.07, 6.45) is 6.08. The van der Waals surface area contributed by atoms with E-state index in [2.05, 4.69) is 34.8 Å². The number of fused-ring (bicyclic) bond motifs is 1. The van der Waals surface area contributed by atoms with Crippen molar-refractivity contribution in [2.45, 2.75) is 31.6 Å². The lowest BCUT2D eigenvalue weighted by Gasteiger charge is -2.27. The number of amides is 1. The molecule has 1 aliphatic rings. The van der Waals surface area contributed by atoms with Crippen LogP contribution in [0.2, 0.25) is 0 Å². The normalized spacial score (nSPS) is 23.4. The first-order valence-corrected chi connectivity index (χ1v) is 6.86. The van der Waals surface area contributed by atoms with E-state index in [-0.39, 0.29) is 11.8 Å². The molecule has 0 saturated heterocycles. The molecule has 1 fully saturated rings. The fourth-order valence-corrected chi connectivity index (χ4v) is 3.22. The molecule has 1 aromatic carbocycles. The summed E-state index contributed by atoms with van der Waals surface area (Å²) in [5.74, 6) is 5.83. The quantitative estimate of drug-likeness (QED) is 0.439. The molecule has 1 aromatic heterocycles. The summed E-state index contributed by atoms with van der Waals surface area (Å²) in [6.45, 7) is 0. The minimum atomic E-state index is -0.0163. The highest BCUT2D eigenvalue weighted by molar-refractivity contribution is 5.83. The maximum Gasteiger partial charge on any atom is 0.236 e. The molecular formula is C15H19N3O. The molecule has 0 unspecified atom stereocenters. The lowest BCUT2D eigenvalue weighted by atomic mass is 9.78. The van der Waals surface area contributed by atoms with Crippen molar-refractivity contribution in [3.63, 3.8) is 0 Å². The number of hydrogen-bond acceptors (Lipinski definition) is 2. The van der Waals surface area contributed by atoms with E-state index in [4.69, 9.17) is 5.84 Å². The van der Waals surface area contributed by atoms with Crippen molar-refractivity contribution in [3.8, 4) is 0 Å². The Morgan fingerprint density at radius 3 is 2.68 bits per heavy atom. The van der Waals surface area contributed by atoms with E-state index in [1.165, 1.54) is 16.5 Å². The Morgan fingerprint density at radius 1 is 1.21 bits per heavy atom. The molecule has 100 valence electrons. The van der Waals surface area contributed by atoms with Gasteiger partial charge in [0.15, 0.2) is 0 Å². The maximum atomic E-state index is 11.5. The fraction of sp³-hybridized carbons (Fsp3) is 0.400. The molecule has 1 heterocycles. The van der Waals surface area contributed by atoms with Crippen LogP contribution in [0.3, 0.4) is 0 Å². The molecule has 1 aliphatic carbocycles. The molecule has 2 aromatic rings. The average molecular weight is 257 g/mol. The van der Waals surface area contributed by atoms with Crippen LogP contribution in [0.1, 0.15) is 37.2 Å². The Kier molecular flexibility index (Phi) is 3.25. The zero-order valence-corrected chi connectivity index (χ0v) is 10.9. The topological polar surface area (TPSA) is 70.9 Å². The Bertz CT molecular complexity index is 582. The van der Waals surface area contributed by atoms with Crippen molar-refractivity contribution in [3.05, 3.63) is 36.0 Å². The number of carbonyl (C=O) groups excluding carboxylic acids is 1. The average Bonchev–Trinajstić information content (AvgIpc) is 2.90. The van der Waals surface area contributed by atoms with Crippen LogP contribution in [0.4, 0.5) is 0 Å². The van der Waals surface area contributed by atoms with Gasteiger partial charge in [0.1, 0.15) is 0 Å². The zero-order valence-electron chi connectivity index (χ0n) is 10.9. The van der Waals surface area contributed by atoms with Crippen molar-refractivity contribution in [1.29, 1.82) is 0 Å². The summed E-state index contributed by atoms with van der Waals surface area (Å²) in [5.41, 5.74) is 4.85. The van der Waals surface area contributed by atoms with Crippen LogP contribution in [0.15, 0.2) is 30.5 Å². The number of carbonyl (C=O) groups is 1. The molecule has 0 radical (unpaired) electrons. The molecule has 0 aliphatic heterocycles. The van der Waals surface area contributed by atoms with E-state index in [1.807, 2.05) is 6.07 Å². The molecule has 4 heteroatoms. The monoisotopic (exact) mass is 257 g/mol. The van der Waals surface area contributed by atoms with Crippen LogP contribution in [-0.4, -0.2) is 10.9 Å². The summed E-state index contributed by atoms with van der Waals surface area (Å²) in [7, 11) is 0. The smallest absolute Gasteiger partial charge is 0.236 e. The number of aromatic nitrogens is 1. The van der Waals surface area contributed by atoms with E-state index in [9.17, 15) is 4.79 Å². The number of H-pyrrole nitrogens is 1. The van der Waals surface area contributed by atoms with Gasteiger partial charge in [-0.05, 0) is 43.2 Å². The first-order valence-electron chi connectivity index (χ1n) is 6.86. The molecule has 4 N–H and O–H groups in total. The fourth-order valence-electron chi connectivity index (χ4n) is 3.22. The van der Waals surface area contributed by atoms with Crippen LogP contribution >= 0.6 is 0 Å². The van der Waals surface area contributed by atoms with Gasteiger partial charge >= 0.3 is 0 Å². The van der Waals surface area contributed by atoms with Crippen LogP contribution in [0.25, 0.3) is 10.9 Å². The molecule has 0 bridgehead atoms. The number of nitrogens with one attached hydrogen (secondary N) is 2. The number of rotatable bonds is 2. The van der Waals surface area contributed by atoms with Crippen molar-refractivity contribution in [2.75, 3.05) is 0 Å². The van der Waals surface area contributed by atoms with E-state index < -0.39 is 0 Å². The van der Waals surface area contributed by atoms with Crippen LogP contribution in [0.5, 0.6) is 0 Å². The third-order valence-corrected chi connectivity index (χ3v) is 4.30. The van der Waals surface area contributed by atoms with Crippen molar-refractivity contribution >= 4 is 16.8 Å². The molecule has 1 amide bonds. The molecule has 4 nitrogen and oxygen atoms in total. The largest absolute Gasteiger partial charge is 0.361 e. The van der Waals surface area contributed by atoms with E-state index in [1.54, 1.807) is 0 Å². The van der Waals surface area contributed by atoms with Gasteiger partial charge < -0.3 is 4.98 Å². The van der Waals surface area contributed by atoms with Gasteiger partial charge in [0, 0.05) is 23.0 Å². The van der Waals surface area contributed by atoms with Gasteiger partial charge in [0.2, 0.25) is 5.91 Å². The van der Waals surface area contributed by atoms with Crippen LogP contribution < -0.4 is 11.3 Å². The second-order valence-electron chi connectivity index (χ2n) is 5.35. The summed E-state index contributed by atoms with van der Waals surface area (Å²) in [4.78, 5) is 14.9. The van der Waals surface area contributed by atoms with Gasteiger partial charge in [0.25, 0.3) is 0 Å². The molecule has 3 rings (SSSR count). The minimum Gasteiger partial charge on any atom is -0.361 e.